The predicted molar refractivity (Wildman–Crippen MR) is 125 cm³/mol. The first-order valence-electron chi connectivity index (χ1n) is 10.4. The number of thiocarbonyl (C=S) groups is 1. The van der Waals surface area contributed by atoms with Gasteiger partial charge in [-0.3, -0.25) is 4.79 Å². The highest BCUT2D eigenvalue weighted by Crippen LogP contribution is 2.35. The van der Waals surface area contributed by atoms with Crippen molar-refractivity contribution in [3.8, 4) is 11.5 Å². The number of ether oxygens (including phenoxy) is 2. The molecular formula is C23H22F3N3O5S. The molecule has 4 N–H and O–H groups in total. The van der Waals surface area contributed by atoms with Gasteiger partial charge in [-0.15, -0.1) is 0 Å². The van der Waals surface area contributed by atoms with Crippen LogP contribution in [0.1, 0.15) is 31.0 Å². The van der Waals surface area contributed by atoms with Gasteiger partial charge in [-0.05, 0) is 62.0 Å². The van der Waals surface area contributed by atoms with Crippen LogP contribution in [0.25, 0.3) is 0 Å². The molecule has 12 heteroatoms. The quantitative estimate of drug-likeness (QED) is 0.396. The third-order valence-corrected chi connectivity index (χ3v) is 5.13. The normalized spacial score (nSPS) is 15.7. The van der Waals surface area contributed by atoms with Gasteiger partial charge in [-0.1, -0.05) is 12.1 Å². The number of carboxylic acid groups (broad SMARTS) is 1. The fourth-order valence-electron chi connectivity index (χ4n) is 3.45. The number of hydrogen-bond acceptors (Lipinski definition) is 5. The molecule has 186 valence electrons. The van der Waals surface area contributed by atoms with Gasteiger partial charge in [0.15, 0.2) is 23.2 Å². The van der Waals surface area contributed by atoms with Crippen molar-refractivity contribution in [3.05, 3.63) is 64.9 Å². The second-order valence-electron chi connectivity index (χ2n) is 7.42. The molecule has 0 fully saturated rings. The highest BCUT2D eigenvalue weighted by molar-refractivity contribution is 7.80. The summed E-state index contributed by atoms with van der Waals surface area (Å²) in [7, 11) is 0. The molecule has 0 aliphatic carbocycles. The van der Waals surface area contributed by atoms with Crippen LogP contribution in [-0.4, -0.2) is 35.3 Å². The number of rotatable bonds is 8. The van der Waals surface area contributed by atoms with E-state index in [9.17, 15) is 22.8 Å². The molecule has 3 rings (SSSR count). The van der Waals surface area contributed by atoms with Crippen molar-refractivity contribution < 1.29 is 37.3 Å². The maximum absolute atomic E-state index is 13.2. The Labute approximate surface area is 204 Å². The predicted octanol–water partition coefficient (Wildman–Crippen LogP) is 4.00. The van der Waals surface area contributed by atoms with Crippen LogP contribution in [0, 0.1) is 0 Å². The largest absolute Gasteiger partial charge is 0.490 e. The van der Waals surface area contributed by atoms with E-state index >= 15 is 0 Å². The molecule has 0 bridgehead atoms. The lowest BCUT2D eigenvalue weighted by Crippen LogP contribution is -2.45. The number of anilines is 1. The SMILES string of the molecule is CCOc1cc([C@H]2NC(=S)NC(C)=C2C(=O)Nc2cccc(C(F)(F)F)c2)ccc1OCC(=O)O. The number of alkyl halides is 3. The van der Waals surface area contributed by atoms with E-state index in [0.29, 0.717) is 11.3 Å². The lowest BCUT2D eigenvalue weighted by Gasteiger charge is -2.30. The Morgan fingerprint density at radius 2 is 1.89 bits per heavy atom. The summed E-state index contributed by atoms with van der Waals surface area (Å²) in [4.78, 5) is 24.1. The number of hydrogen-bond donors (Lipinski definition) is 4. The van der Waals surface area contributed by atoms with Gasteiger partial charge in [0.1, 0.15) is 0 Å². The van der Waals surface area contributed by atoms with E-state index < -0.39 is 36.3 Å². The minimum atomic E-state index is -4.56. The number of allylic oxidation sites excluding steroid dienone is 1. The summed E-state index contributed by atoms with van der Waals surface area (Å²) in [6.07, 6.45) is -4.56. The zero-order valence-corrected chi connectivity index (χ0v) is 19.5. The molecule has 0 unspecified atom stereocenters. The molecule has 0 saturated carbocycles. The molecule has 1 heterocycles. The average Bonchev–Trinajstić information content (AvgIpc) is 2.77. The molecule has 0 aromatic heterocycles. The Kier molecular flexibility index (Phi) is 7.85. The van der Waals surface area contributed by atoms with E-state index in [-0.39, 0.29) is 34.5 Å². The van der Waals surface area contributed by atoms with Crippen LogP contribution in [0.15, 0.2) is 53.7 Å². The Hall–Kier alpha value is -3.80. The van der Waals surface area contributed by atoms with E-state index in [1.807, 2.05) is 0 Å². The van der Waals surface area contributed by atoms with Crippen LogP contribution in [0.5, 0.6) is 11.5 Å². The minimum Gasteiger partial charge on any atom is -0.490 e. The smallest absolute Gasteiger partial charge is 0.416 e. The molecule has 1 atom stereocenters. The van der Waals surface area contributed by atoms with Crippen molar-refractivity contribution in [1.29, 1.82) is 0 Å². The molecule has 1 aliphatic heterocycles. The van der Waals surface area contributed by atoms with Crippen LogP contribution in [0.3, 0.4) is 0 Å². The Morgan fingerprint density at radius 1 is 1.14 bits per heavy atom. The van der Waals surface area contributed by atoms with E-state index in [2.05, 4.69) is 16.0 Å². The van der Waals surface area contributed by atoms with Crippen molar-refractivity contribution in [3.63, 3.8) is 0 Å². The maximum atomic E-state index is 13.2. The summed E-state index contributed by atoms with van der Waals surface area (Å²) >= 11 is 5.23. The third kappa shape index (κ3) is 6.41. The molecule has 0 radical (unpaired) electrons. The summed E-state index contributed by atoms with van der Waals surface area (Å²) in [5, 5.41) is 17.5. The standard InChI is InChI=1S/C23H22F3N3O5S/c1-3-33-17-9-13(7-8-16(17)34-11-18(30)31)20-19(12(2)27-22(35)29-20)21(32)28-15-6-4-5-14(10-15)23(24,25)26/h4-10,20H,3,11H2,1-2H3,(H,28,32)(H,30,31)(H2,27,29,35)/t20-/m1/s1. The molecule has 0 saturated heterocycles. The molecule has 2 aromatic carbocycles. The monoisotopic (exact) mass is 509 g/mol. The van der Waals surface area contributed by atoms with Gasteiger partial charge in [0.05, 0.1) is 23.8 Å². The molecule has 2 aromatic rings. The first kappa shape index (κ1) is 25.8. The zero-order valence-electron chi connectivity index (χ0n) is 18.7. The van der Waals surface area contributed by atoms with Gasteiger partial charge in [0.25, 0.3) is 5.91 Å². The van der Waals surface area contributed by atoms with Gasteiger partial charge in [0, 0.05) is 11.4 Å². The maximum Gasteiger partial charge on any atom is 0.416 e. The number of carbonyl (C=O) groups excluding carboxylic acids is 1. The minimum absolute atomic E-state index is 0.0237. The summed E-state index contributed by atoms with van der Waals surface area (Å²) < 4.78 is 50.0. The number of amides is 1. The van der Waals surface area contributed by atoms with Gasteiger partial charge >= 0.3 is 12.1 Å². The van der Waals surface area contributed by atoms with Crippen LogP contribution in [0.2, 0.25) is 0 Å². The van der Waals surface area contributed by atoms with Gasteiger partial charge in [0.2, 0.25) is 0 Å². The third-order valence-electron chi connectivity index (χ3n) is 4.91. The lowest BCUT2D eigenvalue weighted by molar-refractivity contribution is -0.139. The van der Waals surface area contributed by atoms with Crippen LogP contribution in [-0.2, 0) is 15.8 Å². The fraction of sp³-hybridized carbons (Fsp3) is 0.261. The highest BCUT2D eigenvalue weighted by Gasteiger charge is 2.32. The van der Waals surface area contributed by atoms with Gasteiger partial charge in [-0.25, -0.2) is 4.79 Å². The van der Waals surface area contributed by atoms with Crippen molar-refractivity contribution in [2.75, 3.05) is 18.5 Å². The van der Waals surface area contributed by atoms with Crippen LogP contribution >= 0.6 is 12.2 Å². The van der Waals surface area contributed by atoms with Crippen molar-refractivity contribution in [2.24, 2.45) is 0 Å². The van der Waals surface area contributed by atoms with E-state index in [1.54, 1.807) is 26.0 Å². The van der Waals surface area contributed by atoms with Crippen molar-refractivity contribution >= 4 is 34.9 Å². The molecule has 1 amide bonds. The summed E-state index contributed by atoms with van der Waals surface area (Å²) in [5.74, 6) is -1.34. The summed E-state index contributed by atoms with van der Waals surface area (Å²) in [6.45, 7) is 3.06. The molecule has 8 nitrogen and oxygen atoms in total. The van der Waals surface area contributed by atoms with Crippen LogP contribution in [0.4, 0.5) is 18.9 Å². The lowest BCUT2D eigenvalue weighted by atomic mass is 9.94. The Bertz CT molecular complexity index is 1180. The molecule has 0 spiro atoms. The average molecular weight is 510 g/mol. The second kappa shape index (κ2) is 10.6. The summed E-state index contributed by atoms with van der Waals surface area (Å²) in [6, 6.07) is 8.23. The number of halogens is 3. The Balaban J connectivity index is 1.95. The number of aliphatic carboxylic acids is 1. The van der Waals surface area contributed by atoms with E-state index in [4.69, 9.17) is 26.8 Å². The molecule has 35 heavy (non-hydrogen) atoms. The summed E-state index contributed by atoms with van der Waals surface area (Å²) in [5.41, 5.74) is 0.222. The van der Waals surface area contributed by atoms with Gasteiger partial charge in [-0.2, -0.15) is 13.2 Å². The van der Waals surface area contributed by atoms with Crippen LogP contribution < -0.4 is 25.4 Å². The topological polar surface area (TPSA) is 109 Å². The first-order chi connectivity index (χ1) is 16.5. The van der Waals surface area contributed by atoms with Crippen molar-refractivity contribution in [1.82, 2.24) is 10.6 Å². The second-order valence-corrected chi connectivity index (χ2v) is 7.83. The Morgan fingerprint density at radius 3 is 2.54 bits per heavy atom. The van der Waals surface area contributed by atoms with Crippen molar-refractivity contribution in [2.45, 2.75) is 26.1 Å². The first-order valence-corrected chi connectivity index (χ1v) is 10.8. The highest BCUT2D eigenvalue weighted by atomic mass is 32.1. The van der Waals surface area contributed by atoms with Gasteiger partial charge < -0.3 is 30.5 Å². The number of carboxylic acids is 1. The fourth-order valence-corrected chi connectivity index (χ4v) is 3.72. The number of benzene rings is 2. The van der Waals surface area contributed by atoms with E-state index in [0.717, 1.165) is 12.1 Å². The molecule has 1 aliphatic rings. The number of nitrogens with one attached hydrogen (secondary N) is 3. The molecular weight excluding hydrogens is 487 g/mol. The number of carbonyl (C=O) groups is 2. The van der Waals surface area contributed by atoms with E-state index in [1.165, 1.54) is 18.2 Å². The zero-order chi connectivity index (χ0) is 25.8.